The van der Waals surface area contributed by atoms with Gasteiger partial charge in [-0.2, -0.15) is 4.98 Å². The Hall–Kier alpha value is -2.64. The van der Waals surface area contributed by atoms with Gasteiger partial charge < -0.3 is 15.1 Å². The third-order valence-corrected chi connectivity index (χ3v) is 2.66. The molecule has 2 rings (SSSR count). The number of hydrogen-bond acceptors (Lipinski definition) is 6. The van der Waals surface area contributed by atoms with Gasteiger partial charge >= 0.3 is 0 Å². The second-order valence-corrected chi connectivity index (χ2v) is 4.83. The van der Waals surface area contributed by atoms with Crippen LogP contribution < -0.4 is 10.6 Å². The maximum atomic E-state index is 11.5. The summed E-state index contributed by atoms with van der Waals surface area (Å²) in [4.78, 5) is 25.7. The van der Waals surface area contributed by atoms with E-state index in [1.54, 1.807) is 0 Å². The van der Waals surface area contributed by atoms with Gasteiger partial charge in [-0.25, -0.2) is 0 Å². The summed E-state index contributed by atoms with van der Waals surface area (Å²) in [5, 5.41) is 16.3. The van der Waals surface area contributed by atoms with Gasteiger partial charge in [-0.3, -0.25) is 14.9 Å². The summed E-state index contributed by atoms with van der Waals surface area (Å²) in [5.74, 6) is -0.0655. The highest BCUT2D eigenvalue weighted by Crippen LogP contribution is 2.23. The Morgan fingerprint density at radius 1 is 1.48 bits per heavy atom. The molecule has 1 heterocycles. The second kappa shape index (κ2) is 6.21. The molecule has 21 heavy (non-hydrogen) atoms. The van der Waals surface area contributed by atoms with Gasteiger partial charge in [0.2, 0.25) is 5.91 Å². The largest absolute Gasteiger partial charge is 0.424 e. The van der Waals surface area contributed by atoms with E-state index < -0.39 is 4.92 Å². The number of anilines is 1. The van der Waals surface area contributed by atoms with Gasteiger partial charge in [0, 0.05) is 31.1 Å². The quantitative estimate of drug-likeness (QED) is 0.623. The van der Waals surface area contributed by atoms with Gasteiger partial charge in [0.25, 0.3) is 11.7 Å². The topological polar surface area (TPSA) is 110 Å². The standard InChI is InChI=1S/C13H16N4O4/c1-8(2)15-12(18)5-6-14-13-16-10-7-9(17(19)20)3-4-11(10)21-13/h3-4,7-8H,5-6H2,1-2H3,(H,14,16)(H,15,18). The molecular formula is C13H16N4O4. The first-order chi connectivity index (χ1) is 9.95. The van der Waals surface area contributed by atoms with Crippen LogP contribution in [0.5, 0.6) is 0 Å². The highest BCUT2D eigenvalue weighted by Gasteiger charge is 2.11. The van der Waals surface area contributed by atoms with Crippen molar-refractivity contribution in [2.75, 3.05) is 11.9 Å². The normalized spacial score (nSPS) is 10.8. The molecule has 2 N–H and O–H groups in total. The number of nitro groups is 1. The van der Waals surface area contributed by atoms with Crippen molar-refractivity contribution in [1.29, 1.82) is 0 Å². The molecule has 0 saturated heterocycles. The van der Waals surface area contributed by atoms with E-state index >= 15 is 0 Å². The number of nitro benzene ring substituents is 1. The summed E-state index contributed by atoms with van der Waals surface area (Å²) >= 11 is 0. The number of non-ortho nitro benzene ring substituents is 1. The van der Waals surface area contributed by atoms with Crippen molar-refractivity contribution in [3.63, 3.8) is 0 Å². The highest BCUT2D eigenvalue weighted by atomic mass is 16.6. The van der Waals surface area contributed by atoms with Gasteiger partial charge in [-0.05, 0) is 19.9 Å². The summed E-state index contributed by atoms with van der Waals surface area (Å²) in [6, 6.07) is 4.53. The van der Waals surface area contributed by atoms with Crippen molar-refractivity contribution >= 4 is 28.7 Å². The zero-order chi connectivity index (χ0) is 15.4. The third-order valence-electron chi connectivity index (χ3n) is 2.66. The van der Waals surface area contributed by atoms with E-state index in [0.717, 1.165) is 0 Å². The summed E-state index contributed by atoms with van der Waals surface area (Å²) in [7, 11) is 0. The molecule has 0 radical (unpaired) electrons. The van der Waals surface area contributed by atoms with Crippen LogP contribution in [0.25, 0.3) is 11.1 Å². The molecule has 1 aromatic heterocycles. The molecule has 0 aliphatic heterocycles. The predicted molar refractivity (Wildman–Crippen MR) is 77.0 cm³/mol. The molecule has 1 aromatic carbocycles. The number of nitrogens with one attached hydrogen (secondary N) is 2. The van der Waals surface area contributed by atoms with Crippen LogP contribution in [0, 0.1) is 10.1 Å². The second-order valence-electron chi connectivity index (χ2n) is 4.83. The molecule has 1 amide bonds. The average molecular weight is 292 g/mol. The molecule has 8 heteroatoms. The van der Waals surface area contributed by atoms with E-state index in [2.05, 4.69) is 15.6 Å². The van der Waals surface area contributed by atoms with Gasteiger partial charge in [0.15, 0.2) is 5.58 Å². The average Bonchev–Trinajstić information content (AvgIpc) is 2.79. The lowest BCUT2D eigenvalue weighted by Gasteiger charge is -2.07. The first-order valence-corrected chi connectivity index (χ1v) is 6.54. The van der Waals surface area contributed by atoms with Gasteiger partial charge in [0.1, 0.15) is 5.52 Å². The molecule has 0 unspecified atom stereocenters. The Morgan fingerprint density at radius 2 is 2.24 bits per heavy atom. The molecule has 0 bridgehead atoms. The van der Waals surface area contributed by atoms with E-state index in [1.165, 1.54) is 18.2 Å². The first-order valence-electron chi connectivity index (χ1n) is 6.54. The van der Waals surface area contributed by atoms with Crippen LogP contribution in [0.3, 0.4) is 0 Å². The van der Waals surface area contributed by atoms with Gasteiger partial charge in [0.05, 0.1) is 4.92 Å². The van der Waals surface area contributed by atoms with E-state index in [1.807, 2.05) is 13.8 Å². The lowest BCUT2D eigenvalue weighted by Crippen LogP contribution is -2.31. The molecule has 0 atom stereocenters. The Bertz CT molecular complexity index is 665. The Balaban J connectivity index is 1.97. The number of aromatic nitrogens is 1. The molecule has 8 nitrogen and oxygen atoms in total. The smallest absolute Gasteiger partial charge is 0.295 e. The molecule has 0 spiro atoms. The Kier molecular flexibility index (Phi) is 4.36. The van der Waals surface area contributed by atoms with Crippen molar-refractivity contribution in [2.45, 2.75) is 26.3 Å². The lowest BCUT2D eigenvalue weighted by molar-refractivity contribution is -0.384. The third kappa shape index (κ3) is 3.91. The van der Waals surface area contributed by atoms with Crippen LogP contribution in [-0.4, -0.2) is 28.4 Å². The van der Waals surface area contributed by atoms with Crippen LogP contribution in [0.15, 0.2) is 22.6 Å². The zero-order valence-electron chi connectivity index (χ0n) is 11.8. The summed E-state index contributed by atoms with van der Waals surface area (Å²) in [6.07, 6.45) is 0.289. The van der Waals surface area contributed by atoms with E-state index in [0.29, 0.717) is 17.6 Å². The number of carbonyl (C=O) groups excluding carboxylic acids is 1. The molecular weight excluding hydrogens is 276 g/mol. The minimum Gasteiger partial charge on any atom is -0.424 e. The monoisotopic (exact) mass is 292 g/mol. The van der Waals surface area contributed by atoms with Crippen LogP contribution in [0.4, 0.5) is 11.7 Å². The van der Waals surface area contributed by atoms with E-state index in [-0.39, 0.29) is 30.1 Å². The van der Waals surface area contributed by atoms with Crippen LogP contribution in [-0.2, 0) is 4.79 Å². The minimum absolute atomic E-state index is 0.0429. The maximum Gasteiger partial charge on any atom is 0.295 e. The van der Waals surface area contributed by atoms with Gasteiger partial charge in [-0.1, -0.05) is 0 Å². The first kappa shape index (κ1) is 14.8. The number of nitrogens with zero attached hydrogens (tertiary/aromatic N) is 2. The molecule has 2 aromatic rings. The molecule has 0 aliphatic carbocycles. The fourth-order valence-corrected chi connectivity index (χ4v) is 1.78. The SMILES string of the molecule is CC(C)NC(=O)CCNc1nc2cc([N+](=O)[O-])ccc2o1. The van der Waals surface area contributed by atoms with Crippen LogP contribution >= 0.6 is 0 Å². The van der Waals surface area contributed by atoms with Crippen LogP contribution in [0.1, 0.15) is 20.3 Å². The van der Waals surface area contributed by atoms with E-state index in [9.17, 15) is 14.9 Å². The summed E-state index contributed by atoms with van der Waals surface area (Å²) in [5.41, 5.74) is 0.812. The molecule has 0 fully saturated rings. The number of hydrogen-bond donors (Lipinski definition) is 2. The van der Waals surface area contributed by atoms with Crippen molar-refractivity contribution in [3.05, 3.63) is 28.3 Å². The predicted octanol–water partition coefficient (Wildman–Crippen LogP) is 2.06. The fraction of sp³-hybridized carbons (Fsp3) is 0.385. The number of oxazole rings is 1. The van der Waals surface area contributed by atoms with Crippen molar-refractivity contribution in [2.24, 2.45) is 0 Å². The minimum atomic E-state index is -0.489. The number of carbonyl (C=O) groups is 1. The number of rotatable bonds is 6. The molecule has 112 valence electrons. The molecule has 0 aliphatic rings. The number of fused-ring (bicyclic) bond motifs is 1. The Labute approximate surface area is 120 Å². The van der Waals surface area contributed by atoms with Gasteiger partial charge in [-0.15, -0.1) is 0 Å². The number of benzene rings is 1. The fourth-order valence-electron chi connectivity index (χ4n) is 1.78. The Morgan fingerprint density at radius 3 is 2.90 bits per heavy atom. The van der Waals surface area contributed by atoms with Crippen LogP contribution in [0.2, 0.25) is 0 Å². The van der Waals surface area contributed by atoms with Crippen molar-refractivity contribution < 1.29 is 14.1 Å². The highest BCUT2D eigenvalue weighted by molar-refractivity contribution is 5.78. The number of amides is 1. The molecule has 0 saturated carbocycles. The van der Waals surface area contributed by atoms with Crippen molar-refractivity contribution in [1.82, 2.24) is 10.3 Å². The summed E-state index contributed by atoms with van der Waals surface area (Å²) < 4.78 is 5.39. The van der Waals surface area contributed by atoms with E-state index in [4.69, 9.17) is 4.42 Å². The zero-order valence-corrected chi connectivity index (χ0v) is 11.8. The lowest BCUT2D eigenvalue weighted by atomic mass is 10.3. The van der Waals surface area contributed by atoms with Crippen molar-refractivity contribution in [3.8, 4) is 0 Å². The maximum absolute atomic E-state index is 11.5. The summed E-state index contributed by atoms with van der Waals surface area (Å²) in [6.45, 7) is 4.14.